The fraction of sp³-hybridized carbons (Fsp3) is 0.409. The molecule has 0 spiro atoms. The summed E-state index contributed by atoms with van der Waals surface area (Å²) in [7, 11) is 0. The zero-order chi connectivity index (χ0) is 19.9. The number of ether oxygens (including phenoxy) is 1. The van der Waals surface area contributed by atoms with Gasteiger partial charge >= 0.3 is 0 Å². The molecule has 0 atom stereocenters. The lowest BCUT2D eigenvalue weighted by atomic mass is 10.1. The third kappa shape index (κ3) is 4.88. The summed E-state index contributed by atoms with van der Waals surface area (Å²) in [5.74, 6) is 1.01. The van der Waals surface area contributed by atoms with Gasteiger partial charge in [0.15, 0.2) is 0 Å². The molecule has 6 nitrogen and oxygen atoms in total. The van der Waals surface area contributed by atoms with E-state index in [1.165, 1.54) is 0 Å². The van der Waals surface area contributed by atoms with Gasteiger partial charge in [-0.15, -0.1) is 0 Å². The number of carbonyl (C=O) groups excluding carboxylic acids is 2. The largest absolute Gasteiger partial charge is 0.493 e. The average molecular weight is 381 g/mol. The summed E-state index contributed by atoms with van der Waals surface area (Å²) in [5, 5.41) is 0. The van der Waals surface area contributed by atoms with Gasteiger partial charge in [-0.3, -0.25) is 14.6 Å². The summed E-state index contributed by atoms with van der Waals surface area (Å²) in [6, 6.07) is 9.59. The van der Waals surface area contributed by atoms with Crippen LogP contribution in [-0.2, 0) is 4.79 Å². The molecule has 0 N–H and O–H groups in total. The topological polar surface area (TPSA) is 62.7 Å². The molecular formula is C22H27N3O3. The number of hydrogen-bond donors (Lipinski definition) is 0. The monoisotopic (exact) mass is 381 g/mol. The van der Waals surface area contributed by atoms with Crippen LogP contribution in [0.5, 0.6) is 5.75 Å². The van der Waals surface area contributed by atoms with Crippen molar-refractivity contribution in [3.63, 3.8) is 0 Å². The van der Waals surface area contributed by atoms with E-state index in [1.54, 1.807) is 29.4 Å². The second-order valence-electron chi connectivity index (χ2n) is 7.09. The first kappa shape index (κ1) is 19.9. The number of benzene rings is 1. The average Bonchev–Trinajstić information content (AvgIpc) is 2.73. The van der Waals surface area contributed by atoms with E-state index < -0.39 is 0 Å². The molecule has 1 aliphatic heterocycles. The molecule has 6 heteroatoms. The third-order valence-corrected chi connectivity index (χ3v) is 5.02. The Bertz CT molecular complexity index is 795. The zero-order valence-corrected chi connectivity index (χ0v) is 16.6. The summed E-state index contributed by atoms with van der Waals surface area (Å²) in [4.78, 5) is 32.5. The first-order valence-electron chi connectivity index (χ1n) is 9.72. The number of carbonyl (C=O) groups is 2. The van der Waals surface area contributed by atoms with Crippen LogP contribution < -0.4 is 4.74 Å². The maximum atomic E-state index is 12.4. The number of rotatable bonds is 6. The number of aryl methyl sites for hydroxylation is 2. The van der Waals surface area contributed by atoms with Crippen LogP contribution in [0.4, 0.5) is 0 Å². The maximum absolute atomic E-state index is 12.4. The SMILES string of the molecule is Cc1cccc(C)c1OCCCC(=O)N1CCN(C(=O)c2cccnc2)CC1. The van der Waals surface area contributed by atoms with Crippen LogP contribution >= 0.6 is 0 Å². The first-order chi connectivity index (χ1) is 13.6. The van der Waals surface area contributed by atoms with Gasteiger partial charge in [-0.1, -0.05) is 18.2 Å². The zero-order valence-electron chi connectivity index (χ0n) is 16.6. The van der Waals surface area contributed by atoms with E-state index in [2.05, 4.69) is 4.98 Å². The Morgan fingerprint density at radius 1 is 1.00 bits per heavy atom. The Kier molecular flexibility index (Phi) is 6.63. The predicted octanol–water partition coefficient (Wildman–Crippen LogP) is 2.84. The molecular weight excluding hydrogens is 354 g/mol. The highest BCUT2D eigenvalue weighted by Crippen LogP contribution is 2.22. The summed E-state index contributed by atoms with van der Waals surface area (Å²) in [6.45, 7) is 6.83. The minimum atomic E-state index is -0.0257. The molecule has 148 valence electrons. The van der Waals surface area contributed by atoms with Gasteiger partial charge in [0, 0.05) is 45.0 Å². The van der Waals surface area contributed by atoms with Crippen molar-refractivity contribution in [2.45, 2.75) is 26.7 Å². The summed E-state index contributed by atoms with van der Waals surface area (Å²) in [6.07, 6.45) is 4.37. The molecule has 2 heterocycles. The van der Waals surface area contributed by atoms with Gasteiger partial charge in [-0.25, -0.2) is 0 Å². The van der Waals surface area contributed by atoms with Crippen LogP contribution in [0.15, 0.2) is 42.7 Å². The van der Waals surface area contributed by atoms with E-state index in [9.17, 15) is 9.59 Å². The van der Waals surface area contributed by atoms with E-state index in [-0.39, 0.29) is 11.8 Å². The quantitative estimate of drug-likeness (QED) is 0.722. The van der Waals surface area contributed by atoms with Crippen molar-refractivity contribution in [1.82, 2.24) is 14.8 Å². The number of pyridine rings is 1. The highest BCUT2D eigenvalue weighted by molar-refractivity contribution is 5.94. The lowest BCUT2D eigenvalue weighted by molar-refractivity contribution is -0.132. The highest BCUT2D eigenvalue weighted by Gasteiger charge is 2.24. The second-order valence-corrected chi connectivity index (χ2v) is 7.09. The molecule has 3 rings (SSSR count). The van der Waals surface area contributed by atoms with E-state index in [0.717, 1.165) is 16.9 Å². The number of nitrogens with zero attached hydrogens (tertiary/aromatic N) is 3. The molecule has 1 fully saturated rings. The van der Waals surface area contributed by atoms with E-state index in [0.29, 0.717) is 51.2 Å². The van der Waals surface area contributed by atoms with Crippen molar-refractivity contribution in [2.24, 2.45) is 0 Å². The van der Waals surface area contributed by atoms with E-state index in [4.69, 9.17) is 4.74 Å². The summed E-state index contributed by atoms with van der Waals surface area (Å²) in [5.41, 5.74) is 2.81. The Morgan fingerprint density at radius 3 is 2.32 bits per heavy atom. The number of piperazine rings is 1. The lowest BCUT2D eigenvalue weighted by Gasteiger charge is -2.34. The molecule has 0 radical (unpaired) electrons. The van der Waals surface area contributed by atoms with Gasteiger partial charge < -0.3 is 14.5 Å². The van der Waals surface area contributed by atoms with Crippen molar-refractivity contribution < 1.29 is 14.3 Å². The maximum Gasteiger partial charge on any atom is 0.255 e. The molecule has 1 aromatic carbocycles. The second kappa shape index (κ2) is 9.35. The molecule has 0 unspecified atom stereocenters. The van der Waals surface area contributed by atoms with Crippen LogP contribution in [0.2, 0.25) is 0 Å². The van der Waals surface area contributed by atoms with E-state index in [1.807, 2.05) is 36.9 Å². The molecule has 1 aromatic heterocycles. The normalized spacial score (nSPS) is 14.1. The fourth-order valence-corrected chi connectivity index (χ4v) is 3.41. The molecule has 0 saturated carbocycles. The Morgan fingerprint density at radius 2 is 1.68 bits per heavy atom. The standard InChI is InChI=1S/C22H27N3O3/c1-17-6-3-7-18(2)21(17)28-15-5-9-20(26)24-11-13-25(14-12-24)22(27)19-8-4-10-23-16-19/h3-4,6-8,10,16H,5,9,11-15H2,1-2H3. The highest BCUT2D eigenvalue weighted by atomic mass is 16.5. The Balaban J connectivity index is 1.40. The smallest absolute Gasteiger partial charge is 0.255 e. The predicted molar refractivity (Wildman–Crippen MR) is 107 cm³/mol. The van der Waals surface area contributed by atoms with E-state index >= 15 is 0 Å². The molecule has 2 aromatic rings. The van der Waals surface area contributed by atoms with Crippen molar-refractivity contribution in [2.75, 3.05) is 32.8 Å². The van der Waals surface area contributed by atoms with Gasteiger partial charge in [0.2, 0.25) is 5.91 Å². The summed E-state index contributed by atoms with van der Waals surface area (Å²) >= 11 is 0. The van der Waals surface area contributed by atoms with Crippen LogP contribution in [0.3, 0.4) is 0 Å². The minimum absolute atomic E-state index is 0.0257. The molecule has 2 amide bonds. The van der Waals surface area contributed by atoms with Gasteiger partial charge in [0.25, 0.3) is 5.91 Å². The van der Waals surface area contributed by atoms with Crippen LogP contribution in [0.25, 0.3) is 0 Å². The van der Waals surface area contributed by atoms with Crippen molar-refractivity contribution >= 4 is 11.8 Å². The van der Waals surface area contributed by atoms with Crippen LogP contribution in [-0.4, -0.2) is 59.4 Å². The Labute approximate surface area is 166 Å². The van der Waals surface area contributed by atoms with Gasteiger partial charge in [-0.05, 0) is 43.5 Å². The molecule has 0 aliphatic carbocycles. The van der Waals surface area contributed by atoms with Crippen molar-refractivity contribution in [3.05, 3.63) is 59.4 Å². The molecule has 1 aliphatic rings. The van der Waals surface area contributed by atoms with Gasteiger partial charge in [0.1, 0.15) is 5.75 Å². The van der Waals surface area contributed by atoms with Crippen molar-refractivity contribution in [3.8, 4) is 5.75 Å². The minimum Gasteiger partial charge on any atom is -0.493 e. The van der Waals surface area contributed by atoms with Gasteiger partial charge in [0.05, 0.1) is 12.2 Å². The van der Waals surface area contributed by atoms with Crippen molar-refractivity contribution in [1.29, 1.82) is 0 Å². The van der Waals surface area contributed by atoms with Crippen LogP contribution in [0, 0.1) is 13.8 Å². The number of amides is 2. The summed E-state index contributed by atoms with van der Waals surface area (Å²) < 4.78 is 5.87. The molecule has 1 saturated heterocycles. The fourth-order valence-electron chi connectivity index (χ4n) is 3.41. The number of para-hydroxylation sites is 1. The Hall–Kier alpha value is -2.89. The number of aromatic nitrogens is 1. The molecule has 0 bridgehead atoms. The first-order valence-corrected chi connectivity index (χ1v) is 9.72. The number of hydrogen-bond acceptors (Lipinski definition) is 4. The third-order valence-electron chi connectivity index (χ3n) is 5.02. The lowest BCUT2D eigenvalue weighted by Crippen LogP contribution is -2.50. The van der Waals surface area contributed by atoms with Gasteiger partial charge in [-0.2, -0.15) is 0 Å². The van der Waals surface area contributed by atoms with Crippen LogP contribution in [0.1, 0.15) is 34.3 Å². The molecule has 28 heavy (non-hydrogen) atoms.